The van der Waals surface area contributed by atoms with Gasteiger partial charge in [-0.3, -0.25) is 0 Å². The highest BCUT2D eigenvalue weighted by Gasteiger charge is 2.23. The number of para-hydroxylation sites is 2. The fraction of sp³-hybridized carbons (Fsp3) is 0.400. The lowest BCUT2D eigenvalue weighted by Crippen LogP contribution is -2.09. The number of benzene rings is 2. The van der Waals surface area contributed by atoms with E-state index < -0.39 is 0 Å². The summed E-state index contributed by atoms with van der Waals surface area (Å²) in [6.45, 7) is 5.29. The molecule has 0 spiro atoms. The van der Waals surface area contributed by atoms with Crippen LogP contribution in [0.5, 0.6) is 11.5 Å². The van der Waals surface area contributed by atoms with Crippen LogP contribution in [-0.2, 0) is 0 Å². The Morgan fingerprint density at radius 3 is 2.08 bits per heavy atom. The van der Waals surface area contributed by atoms with Gasteiger partial charge in [0.1, 0.15) is 11.4 Å². The fourth-order valence-corrected chi connectivity index (χ4v) is 2.48. The number of hydrogen-bond donors (Lipinski definition) is 2. The summed E-state index contributed by atoms with van der Waals surface area (Å²) in [5.41, 5.74) is 24.7. The van der Waals surface area contributed by atoms with Crippen molar-refractivity contribution < 1.29 is 9.47 Å². The SMILES string of the molecule is CCCCOc1ccc(OCCCC)c([N+](=[N-])c2ccccc2N)c1N. The summed E-state index contributed by atoms with van der Waals surface area (Å²) >= 11 is 0. The molecule has 6 nitrogen and oxygen atoms in total. The van der Waals surface area contributed by atoms with Crippen molar-refractivity contribution in [1.82, 2.24) is 4.70 Å². The van der Waals surface area contributed by atoms with Gasteiger partial charge in [0, 0.05) is 6.07 Å². The third-order valence-electron chi connectivity index (χ3n) is 4.03. The molecule has 2 aromatic rings. The van der Waals surface area contributed by atoms with E-state index >= 15 is 0 Å². The predicted octanol–water partition coefficient (Wildman–Crippen LogP) is 5.07. The van der Waals surface area contributed by atoms with Crippen molar-refractivity contribution in [2.45, 2.75) is 39.5 Å². The number of ether oxygens (including phenoxy) is 2. The minimum atomic E-state index is 0.320. The Morgan fingerprint density at radius 1 is 0.885 bits per heavy atom. The fourth-order valence-electron chi connectivity index (χ4n) is 2.48. The first-order valence-electron chi connectivity index (χ1n) is 9.11. The van der Waals surface area contributed by atoms with Crippen LogP contribution >= 0.6 is 0 Å². The molecule has 0 saturated heterocycles. The molecule has 0 unspecified atom stereocenters. The monoisotopic (exact) mass is 356 g/mol. The van der Waals surface area contributed by atoms with Crippen molar-refractivity contribution in [1.29, 1.82) is 0 Å². The van der Waals surface area contributed by atoms with Crippen LogP contribution in [0.2, 0.25) is 0 Å². The predicted molar refractivity (Wildman–Crippen MR) is 107 cm³/mol. The Hall–Kier alpha value is -2.76. The van der Waals surface area contributed by atoms with Gasteiger partial charge in [-0.15, -0.1) is 0 Å². The van der Waals surface area contributed by atoms with E-state index in [0.29, 0.717) is 47.5 Å². The number of anilines is 2. The van der Waals surface area contributed by atoms with Gasteiger partial charge in [-0.1, -0.05) is 38.8 Å². The number of nitrogen functional groups attached to an aromatic ring is 2. The van der Waals surface area contributed by atoms with E-state index in [4.69, 9.17) is 20.9 Å². The second-order valence-electron chi connectivity index (χ2n) is 6.10. The molecular formula is C20H28N4O2. The molecule has 2 rings (SSSR count). The summed E-state index contributed by atoms with van der Waals surface area (Å²) in [5.74, 6) is 1.01. The molecule has 0 aromatic heterocycles. The summed E-state index contributed by atoms with van der Waals surface area (Å²) in [6.07, 6.45) is 3.88. The van der Waals surface area contributed by atoms with E-state index in [0.717, 1.165) is 30.4 Å². The average molecular weight is 356 g/mol. The molecule has 0 aliphatic rings. The van der Waals surface area contributed by atoms with Gasteiger partial charge in [0.05, 0.1) is 13.2 Å². The summed E-state index contributed by atoms with van der Waals surface area (Å²) in [6, 6.07) is 10.6. The second-order valence-corrected chi connectivity index (χ2v) is 6.10. The van der Waals surface area contributed by atoms with Crippen LogP contribution in [0, 0.1) is 0 Å². The Morgan fingerprint density at radius 2 is 1.46 bits per heavy atom. The summed E-state index contributed by atoms with van der Waals surface area (Å²) in [7, 11) is 0. The standard InChI is InChI=1S/C20H28N4O2/c1-3-5-13-25-17-11-12-18(26-14-6-4-2)20(19(17)22)24(23)16-10-8-7-9-15(16)21/h7-12H,3-6,13-14,21-22H2,1-2H3. The molecule has 0 bridgehead atoms. The molecular weight excluding hydrogens is 328 g/mol. The number of nitrogens with zero attached hydrogens (tertiary/aromatic N) is 2. The lowest BCUT2D eigenvalue weighted by Gasteiger charge is -2.17. The van der Waals surface area contributed by atoms with Crippen molar-refractivity contribution in [2.24, 2.45) is 0 Å². The summed E-state index contributed by atoms with van der Waals surface area (Å²) < 4.78 is 12.6. The maximum Gasteiger partial charge on any atom is 0.269 e. The van der Waals surface area contributed by atoms with Crippen molar-refractivity contribution in [2.75, 3.05) is 24.7 Å². The second kappa shape index (κ2) is 9.65. The van der Waals surface area contributed by atoms with E-state index in [1.54, 1.807) is 36.4 Å². The molecule has 0 atom stereocenters. The van der Waals surface area contributed by atoms with Crippen LogP contribution in [0.25, 0.3) is 5.53 Å². The maximum absolute atomic E-state index is 10.8. The van der Waals surface area contributed by atoms with Gasteiger partial charge in [-0.05, 0) is 31.0 Å². The lowest BCUT2D eigenvalue weighted by atomic mass is 10.2. The van der Waals surface area contributed by atoms with Gasteiger partial charge in [0.15, 0.2) is 11.4 Å². The zero-order valence-electron chi connectivity index (χ0n) is 15.6. The third kappa shape index (κ3) is 4.65. The first kappa shape index (κ1) is 19.6. The molecule has 0 saturated carbocycles. The first-order chi connectivity index (χ1) is 12.6. The number of hydrogen-bond acceptors (Lipinski definition) is 4. The van der Waals surface area contributed by atoms with Gasteiger partial charge in [0.2, 0.25) is 5.69 Å². The molecule has 0 amide bonds. The Kier molecular flexibility index (Phi) is 7.26. The first-order valence-corrected chi connectivity index (χ1v) is 9.11. The molecule has 0 fully saturated rings. The minimum absolute atomic E-state index is 0.320. The minimum Gasteiger partial charge on any atom is -0.493 e. The van der Waals surface area contributed by atoms with Crippen molar-refractivity contribution >= 4 is 22.7 Å². The Balaban J connectivity index is 2.42. The molecule has 0 aliphatic carbocycles. The number of rotatable bonds is 10. The van der Waals surface area contributed by atoms with E-state index in [2.05, 4.69) is 13.8 Å². The van der Waals surface area contributed by atoms with Gasteiger partial charge in [0.25, 0.3) is 5.69 Å². The van der Waals surface area contributed by atoms with E-state index in [9.17, 15) is 5.53 Å². The van der Waals surface area contributed by atoms with Crippen LogP contribution in [0.4, 0.5) is 22.7 Å². The smallest absolute Gasteiger partial charge is 0.269 e. The summed E-state index contributed by atoms with van der Waals surface area (Å²) in [5, 5.41) is 0. The molecule has 2 aromatic carbocycles. The van der Waals surface area contributed by atoms with Crippen LogP contribution in [0.15, 0.2) is 36.4 Å². The largest absolute Gasteiger partial charge is 0.493 e. The van der Waals surface area contributed by atoms with Crippen LogP contribution in [-0.4, -0.2) is 13.2 Å². The molecule has 140 valence electrons. The van der Waals surface area contributed by atoms with E-state index in [1.165, 1.54) is 0 Å². The van der Waals surface area contributed by atoms with Crippen molar-refractivity contribution in [3.8, 4) is 11.5 Å². The normalized spacial score (nSPS) is 10.5. The van der Waals surface area contributed by atoms with Crippen molar-refractivity contribution in [3.05, 3.63) is 41.9 Å². The molecule has 4 N–H and O–H groups in total. The highest BCUT2D eigenvalue weighted by Crippen LogP contribution is 2.42. The van der Waals surface area contributed by atoms with Crippen LogP contribution in [0.1, 0.15) is 39.5 Å². The highest BCUT2D eigenvalue weighted by molar-refractivity contribution is 5.81. The maximum atomic E-state index is 10.8. The topological polar surface area (TPSA) is 95.8 Å². The quantitative estimate of drug-likeness (QED) is 0.269. The van der Waals surface area contributed by atoms with Crippen molar-refractivity contribution in [3.63, 3.8) is 0 Å². The van der Waals surface area contributed by atoms with E-state index in [1.807, 2.05) is 0 Å². The van der Waals surface area contributed by atoms with Gasteiger partial charge in [-0.2, -0.15) is 0 Å². The van der Waals surface area contributed by atoms with E-state index in [-0.39, 0.29) is 0 Å². The molecule has 6 heteroatoms. The number of unbranched alkanes of at least 4 members (excludes halogenated alkanes) is 2. The average Bonchev–Trinajstić information content (AvgIpc) is 2.64. The molecule has 0 aliphatic heterocycles. The van der Waals surface area contributed by atoms with Crippen LogP contribution < -0.4 is 25.6 Å². The van der Waals surface area contributed by atoms with Gasteiger partial charge in [-0.25, -0.2) is 4.70 Å². The number of nitrogens with two attached hydrogens (primary N) is 2. The molecule has 0 radical (unpaired) electrons. The molecule has 26 heavy (non-hydrogen) atoms. The summed E-state index contributed by atoms with van der Waals surface area (Å²) in [4.78, 5) is 0. The zero-order chi connectivity index (χ0) is 18.9. The Labute approximate surface area is 155 Å². The molecule has 0 heterocycles. The van der Waals surface area contributed by atoms with Gasteiger partial charge < -0.3 is 26.5 Å². The lowest BCUT2D eigenvalue weighted by molar-refractivity contribution is 0.302. The zero-order valence-corrected chi connectivity index (χ0v) is 15.6. The van der Waals surface area contributed by atoms with Crippen LogP contribution in [0.3, 0.4) is 0 Å². The highest BCUT2D eigenvalue weighted by atomic mass is 16.5. The van der Waals surface area contributed by atoms with Gasteiger partial charge >= 0.3 is 0 Å². The Bertz CT molecular complexity index is 747. The third-order valence-corrected chi connectivity index (χ3v) is 4.03.